The van der Waals surface area contributed by atoms with Gasteiger partial charge in [-0.2, -0.15) is 22.5 Å². The van der Waals surface area contributed by atoms with Crippen molar-refractivity contribution in [3.8, 4) is 11.5 Å². The summed E-state index contributed by atoms with van der Waals surface area (Å²) in [5.74, 6) is -3.65. The van der Waals surface area contributed by atoms with Crippen LogP contribution >= 0.6 is 0 Å². The number of alkyl halides is 3. The van der Waals surface area contributed by atoms with E-state index < -0.39 is 39.3 Å². The first-order valence-corrected chi connectivity index (χ1v) is 9.38. The van der Waals surface area contributed by atoms with E-state index in [-0.39, 0.29) is 16.2 Å². The molecule has 12 heteroatoms. The second kappa shape index (κ2) is 7.11. The van der Waals surface area contributed by atoms with Crippen molar-refractivity contribution in [2.45, 2.75) is 11.1 Å². The average Bonchev–Trinajstić information content (AvgIpc) is 3.12. The Morgan fingerprint density at radius 1 is 1.18 bits per heavy atom. The number of nitrogens with zero attached hydrogens (tertiary/aromatic N) is 4. The fraction of sp³-hybridized carbons (Fsp3) is 0.125. The number of carbonyl (C=O) groups is 1. The minimum atomic E-state index is -4.80. The third-order valence-corrected chi connectivity index (χ3v) is 5.07. The van der Waals surface area contributed by atoms with Crippen molar-refractivity contribution in [2.75, 3.05) is 6.26 Å². The average molecular weight is 414 g/mol. The Labute approximate surface area is 155 Å². The minimum Gasteiger partial charge on any atom is -0.329 e. The predicted octanol–water partition coefficient (Wildman–Crippen LogP) is 3.59. The Morgan fingerprint density at radius 3 is 2.46 bits per heavy atom. The molecule has 1 unspecified atom stereocenters. The minimum absolute atomic E-state index is 0.0814. The van der Waals surface area contributed by atoms with Gasteiger partial charge in [0.25, 0.3) is 5.91 Å². The molecule has 3 rings (SSSR count). The summed E-state index contributed by atoms with van der Waals surface area (Å²) in [5.41, 5.74) is -0.184. The lowest BCUT2D eigenvalue weighted by molar-refractivity contribution is -0.159. The molecule has 1 amide bonds. The maximum Gasteiger partial charge on any atom is 0.471 e. The summed E-state index contributed by atoms with van der Waals surface area (Å²) in [6.45, 7) is 0. The maximum atomic E-state index is 13.8. The predicted molar refractivity (Wildman–Crippen MR) is 88.0 cm³/mol. The molecule has 0 bridgehead atoms. The number of aromatic nitrogens is 3. The number of carbonyl (C=O) groups excluding carboxylic acids is 1. The number of rotatable bonds is 3. The van der Waals surface area contributed by atoms with Crippen LogP contribution in [0.5, 0.6) is 0 Å². The van der Waals surface area contributed by atoms with Gasteiger partial charge in [0.1, 0.15) is 11.5 Å². The van der Waals surface area contributed by atoms with Gasteiger partial charge in [0.2, 0.25) is 5.82 Å². The Morgan fingerprint density at radius 2 is 1.89 bits per heavy atom. The summed E-state index contributed by atoms with van der Waals surface area (Å²) in [4.78, 5) is 19.0. The molecule has 2 aromatic heterocycles. The van der Waals surface area contributed by atoms with E-state index in [9.17, 15) is 26.6 Å². The smallest absolute Gasteiger partial charge is 0.329 e. The monoisotopic (exact) mass is 414 g/mol. The zero-order valence-corrected chi connectivity index (χ0v) is 14.8. The summed E-state index contributed by atoms with van der Waals surface area (Å²) >= 11 is 0. The van der Waals surface area contributed by atoms with E-state index in [0.29, 0.717) is 0 Å². The molecule has 0 saturated heterocycles. The van der Waals surface area contributed by atoms with Crippen molar-refractivity contribution in [3.63, 3.8) is 0 Å². The van der Waals surface area contributed by atoms with Gasteiger partial charge in [-0.25, -0.2) is 8.60 Å². The fourth-order valence-electron chi connectivity index (χ4n) is 2.11. The largest absolute Gasteiger partial charge is 0.471 e. The van der Waals surface area contributed by atoms with Crippen LogP contribution in [0.3, 0.4) is 0 Å². The number of hydrogen-bond donors (Lipinski definition) is 0. The van der Waals surface area contributed by atoms with Crippen molar-refractivity contribution in [3.05, 3.63) is 59.9 Å². The van der Waals surface area contributed by atoms with E-state index in [1.165, 1.54) is 30.3 Å². The number of halogens is 4. The van der Waals surface area contributed by atoms with Crippen molar-refractivity contribution < 1.29 is 31.1 Å². The van der Waals surface area contributed by atoms with Gasteiger partial charge in [0.15, 0.2) is 0 Å². The molecule has 2 heterocycles. The van der Waals surface area contributed by atoms with E-state index in [0.717, 1.165) is 18.5 Å². The normalized spacial score (nSPS) is 13.8. The highest BCUT2D eigenvalue weighted by Crippen LogP contribution is 2.29. The van der Waals surface area contributed by atoms with Crippen LogP contribution < -0.4 is 0 Å². The summed E-state index contributed by atoms with van der Waals surface area (Å²) in [6.07, 6.45) is -2.68. The zero-order valence-electron chi connectivity index (χ0n) is 14.0. The van der Waals surface area contributed by atoms with Gasteiger partial charge in [-0.05, 0) is 24.3 Å². The zero-order chi connectivity index (χ0) is 20.5. The van der Waals surface area contributed by atoms with E-state index in [4.69, 9.17) is 0 Å². The van der Waals surface area contributed by atoms with Gasteiger partial charge < -0.3 is 4.52 Å². The SMILES string of the molecule is CS(=O)(=NC(=O)c1ccc(-c2noc(C(F)(F)F)n2)nc1)c1ccccc1F. The summed E-state index contributed by atoms with van der Waals surface area (Å²) in [7, 11) is -3.36. The highest BCUT2D eigenvalue weighted by atomic mass is 32.2. The lowest BCUT2D eigenvalue weighted by atomic mass is 10.2. The molecule has 0 aliphatic rings. The van der Waals surface area contributed by atoms with Gasteiger partial charge in [0, 0.05) is 12.5 Å². The first-order valence-electron chi connectivity index (χ1n) is 7.46. The number of benzene rings is 1. The quantitative estimate of drug-likeness (QED) is 0.608. The molecule has 0 fully saturated rings. The van der Waals surface area contributed by atoms with Crippen LogP contribution in [0.1, 0.15) is 16.2 Å². The van der Waals surface area contributed by atoms with Gasteiger partial charge in [0.05, 0.1) is 20.2 Å². The molecule has 28 heavy (non-hydrogen) atoms. The summed E-state index contributed by atoms with van der Waals surface area (Å²) < 4.78 is 71.5. The van der Waals surface area contributed by atoms with E-state index in [1.54, 1.807) is 0 Å². The van der Waals surface area contributed by atoms with Crippen LogP contribution in [0.4, 0.5) is 17.6 Å². The molecular weight excluding hydrogens is 404 g/mol. The van der Waals surface area contributed by atoms with E-state index in [1.807, 2.05) is 0 Å². The molecule has 0 radical (unpaired) electrons. The molecule has 3 aromatic rings. The first kappa shape index (κ1) is 19.6. The highest BCUT2D eigenvalue weighted by molar-refractivity contribution is 7.93. The maximum absolute atomic E-state index is 13.8. The number of hydrogen-bond acceptors (Lipinski definition) is 6. The van der Waals surface area contributed by atoms with Crippen LogP contribution in [-0.4, -0.2) is 31.5 Å². The van der Waals surface area contributed by atoms with Crippen LogP contribution in [0.15, 0.2) is 56.4 Å². The number of pyridine rings is 1. The van der Waals surface area contributed by atoms with E-state index >= 15 is 0 Å². The van der Waals surface area contributed by atoms with Gasteiger partial charge >= 0.3 is 12.1 Å². The topological polar surface area (TPSA) is 98.3 Å². The van der Waals surface area contributed by atoms with Gasteiger partial charge in [-0.15, -0.1) is 0 Å². The third-order valence-electron chi connectivity index (χ3n) is 3.41. The molecule has 0 saturated carbocycles. The van der Waals surface area contributed by atoms with Crippen molar-refractivity contribution in [1.29, 1.82) is 0 Å². The van der Waals surface area contributed by atoms with Crippen molar-refractivity contribution in [2.24, 2.45) is 4.36 Å². The lowest BCUT2D eigenvalue weighted by Gasteiger charge is -2.05. The Balaban J connectivity index is 1.87. The first-order chi connectivity index (χ1) is 13.1. The molecular formula is C16H10F4N4O3S. The lowest BCUT2D eigenvalue weighted by Crippen LogP contribution is -2.06. The van der Waals surface area contributed by atoms with Crippen LogP contribution in [0.25, 0.3) is 11.5 Å². The second-order valence-corrected chi connectivity index (χ2v) is 7.71. The fourth-order valence-corrected chi connectivity index (χ4v) is 3.39. The molecule has 1 atom stereocenters. The highest BCUT2D eigenvalue weighted by Gasteiger charge is 2.38. The molecule has 146 valence electrons. The standard InChI is InChI=1S/C16H10F4N4O3S/c1-28(26,12-5-3-2-4-10(12)17)24-14(25)9-6-7-11(21-8-9)13-22-15(27-23-13)16(18,19)20/h2-8H,1H3. The van der Waals surface area contributed by atoms with E-state index in [2.05, 4.69) is 24.0 Å². The molecule has 0 aliphatic heterocycles. The number of amides is 1. The van der Waals surface area contributed by atoms with Gasteiger partial charge in [-0.1, -0.05) is 17.3 Å². The van der Waals surface area contributed by atoms with Crippen molar-refractivity contribution in [1.82, 2.24) is 15.1 Å². The third kappa shape index (κ3) is 4.06. The Hall–Kier alpha value is -3.15. The second-order valence-electron chi connectivity index (χ2n) is 5.48. The van der Waals surface area contributed by atoms with Crippen molar-refractivity contribution >= 4 is 15.6 Å². The molecule has 0 aliphatic carbocycles. The van der Waals surface area contributed by atoms with Crippen LogP contribution in [0.2, 0.25) is 0 Å². The Bertz CT molecular complexity index is 1150. The Kier molecular flexibility index (Phi) is 4.98. The molecule has 0 N–H and O–H groups in total. The summed E-state index contributed by atoms with van der Waals surface area (Å²) in [6, 6.07) is 7.57. The van der Waals surface area contributed by atoms with Gasteiger partial charge in [-0.3, -0.25) is 9.78 Å². The molecule has 1 aromatic carbocycles. The summed E-state index contributed by atoms with van der Waals surface area (Å²) in [5, 5.41) is 3.17. The van der Waals surface area contributed by atoms with Crippen LogP contribution in [-0.2, 0) is 15.9 Å². The molecule has 0 spiro atoms. The van der Waals surface area contributed by atoms with Crippen LogP contribution in [0, 0.1) is 5.82 Å². The molecule has 7 nitrogen and oxygen atoms in total.